The van der Waals surface area contributed by atoms with Crippen molar-refractivity contribution in [3.8, 4) is 0 Å². The molecule has 0 spiro atoms. The molecule has 14 heteroatoms. The van der Waals surface area contributed by atoms with E-state index in [4.69, 9.17) is 11.6 Å². The van der Waals surface area contributed by atoms with Crippen molar-refractivity contribution in [3.05, 3.63) is 47.2 Å². The van der Waals surface area contributed by atoms with E-state index in [-0.39, 0.29) is 6.92 Å². The van der Waals surface area contributed by atoms with Crippen molar-refractivity contribution >= 4 is 42.9 Å². The largest absolute Gasteiger partial charge is 0.426 e. The monoisotopic (exact) mass is 503 g/mol. The average molecular weight is 504 g/mol. The number of anilines is 1. The Kier molecular flexibility index (Phi) is 6.50. The van der Waals surface area contributed by atoms with E-state index in [1.54, 1.807) is 5.32 Å². The smallest absolute Gasteiger partial charge is 0.373 e. The fourth-order valence-corrected chi connectivity index (χ4v) is 4.54. The highest BCUT2D eigenvalue weighted by Crippen LogP contribution is 2.33. The number of amides is 1. The highest BCUT2D eigenvalue weighted by molar-refractivity contribution is 7.91. The van der Waals surface area contributed by atoms with E-state index < -0.39 is 68.6 Å². The van der Waals surface area contributed by atoms with Crippen LogP contribution in [0.25, 0.3) is 0 Å². The minimum atomic E-state index is -5.28. The van der Waals surface area contributed by atoms with Crippen LogP contribution in [0, 0.1) is 5.82 Å². The summed E-state index contributed by atoms with van der Waals surface area (Å²) in [6.45, 7) is 0.226. The van der Waals surface area contributed by atoms with Gasteiger partial charge in [-0.05, 0) is 43.3 Å². The second kappa shape index (κ2) is 8.04. The molecule has 0 aromatic heterocycles. The normalized spacial score (nSPS) is 14.7. The molecule has 0 aliphatic heterocycles. The van der Waals surface area contributed by atoms with Gasteiger partial charge in [-0.15, -0.1) is 0 Å². The van der Waals surface area contributed by atoms with E-state index in [2.05, 4.69) is 0 Å². The van der Waals surface area contributed by atoms with Crippen LogP contribution < -0.4 is 5.32 Å². The van der Waals surface area contributed by atoms with Crippen LogP contribution in [0.4, 0.5) is 23.2 Å². The standard InChI is InChI=1S/C17H14ClF4NO6S2/c1-16(25,17(20,21)22)15(24)23-13-5-3-9(7-11(13)18)31(28,29)10-4-6-14(12(19)8-10)30(2,26)27/h3-8,25H,1-2H3,(H,23,24). The van der Waals surface area contributed by atoms with Gasteiger partial charge in [0.1, 0.15) is 10.7 Å². The molecule has 2 N–H and O–H groups in total. The van der Waals surface area contributed by atoms with Crippen molar-refractivity contribution in [2.45, 2.75) is 33.4 Å². The van der Waals surface area contributed by atoms with Crippen LogP contribution in [0.5, 0.6) is 0 Å². The number of hydrogen-bond donors (Lipinski definition) is 2. The summed E-state index contributed by atoms with van der Waals surface area (Å²) in [7, 11) is -8.34. The number of aliphatic hydroxyl groups is 1. The molecular formula is C17H14ClF4NO6S2. The molecule has 0 saturated heterocycles. The van der Waals surface area contributed by atoms with Crippen LogP contribution in [0.15, 0.2) is 51.1 Å². The summed E-state index contributed by atoms with van der Waals surface area (Å²) in [6.07, 6.45) is -4.54. The molecular weight excluding hydrogens is 490 g/mol. The van der Waals surface area contributed by atoms with Gasteiger partial charge in [0.05, 0.1) is 20.5 Å². The number of nitrogens with one attached hydrogen (secondary N) is 1. The fourth-order valence-electron chi connectivity index (χ4n) is 2.22. The van der Waals surface area contributed by atoms with Crippen LogP contribution >= 0.6 is 11.6 Å². The maximum Gasteiger partial charge on any atom is 0.426 e. The van der Waals surface area contributed by atoms with Crippen molar-refractivity contribution in [2.24, 2.45) is 0 Å². The summed E-state index contributed by atoms with van der Waals surface area (Å²) in [5.74, 6) is -3.15. The Morgan fingerprint density at radius 3 is 2.00 bits per heavy atom. The molecule has 2 aromatic carbocycles. The summed E-state index contributed by atoms with van der Waals surface area (Å²) in [6, 6.07) is 4.67. The van der Waals surface area contributed by atoms with Crippen LogP contribution in [0.3, 0.4) is 0 Å². The number of benzene rings is 2. The fraction of sp³-hybridized carbons (Fsp3) is 0.235. The second-order valence-corrected chi connectivity index (χ2v) is 10.9. The minimum Gasteiger partial charge on any atom is -0.373 e. The van der Waals surface area contributed by atoms with Crippen molar-refractivity contribution < 1.29 is 44.3 Å². The molecule has 1 atom stereocenters. The first-order valence-electron chi connectivity index (χ1n) is 8.04. The number of sulfone groups is 2. The second-order valence-electron chi connectivity index (χ2n) is 6.53. The molecule has 0 fully saturated rings. The molecule has 1 amide bonds. The molecule has 7 nitrogen and oxygen atoms in total. The van der Waals surface area contributed by atoms with E-state index in [1.165, 1.54) is 0 Å². The lowest BCUT2D eigenvalue weighted by Gasteiger charge is -2.25. The number of halogens is 5. The van der Waals surface area contributed by atoms with Gasteiger partial charge >= 0.3 is 6.18 Å². The quantitative estimate of drug-likeness (QED) is 0.606. The van der Waals surface area contributed by atoms with Crippen molar-refractivity contribution in [1.82, 2.24) is 0 Å². The van der Waals surface area contributed by atoms with Crippen molar-refractivity contribution in [1.29, 1.82) is 0 Å². The van der Waals surface area contributed by atoms with Crippen molar-refractivity contribution in [3.63, 3.8) is 0 Å². The maximum atomic E-state index is 14.1. The predicted molar refractivity (Wildman–Crippen MR) is 102 cm³/mol. The zero-order chi connectivity index (χ0) is 24.0. The Balaban J connectivity index is 2.41. The van der Waals surface area contributed by atoms with Gasteiger partial charge in [-0.25, -0.2) is 21.2 Å². The minimum absolute atomic E-state index is 0.226. The number of carbonyl (C=O) groups excluding carboxylic acids is 1. The van der Waals surface area contributed by atoms with Gasteiger partial charge in [-0.1, -0.05) is 11.6 Å². The number of alkyl halides is 3. The third-order valence-electron chi connectivity index (χ3n) is 4.11. The molecule has 0 aliphatic carbocycles. The zero-order valence-corrected chi connectivity index (χ0v) is 18.0. The molecule has 0 bridgehead atoms. The number of rotatable bonds is 5. The number of hydrogen-bond acceptors (Lipinski definition) is 6. The van der Waals surface area contributed by atoms with Crippen LogP contribution in [-0.4, -0.2) is 45.9 Å². The van der Waals surface area contributed by atoms with Crippen LogP contribution in [-0.2, 0) is 24.5 Å². The summed E-state index contributed by atoms with van der Waals surface area (Å²) >= 11 is 5.85. The molecule has 31 heavy (non-hydrogen) atoms. The first-order chi connectivity index (χ1) is 13.9. The average Bonchev–Trinajstić information content (AvgIpc) is 2.60. The lowest BCUT2D eigenvalue weighted by molar-refractivity contribution is -0.242. The Hall–Kier alpha value is -2.22. The summed E-state index contributed by atoms with van der Waals surface area (Å²) in [5, 5.41) is 10.6. The van der Waals surface area contributed by atoms with Gasteiger partial charge in [0.2, 0.25) is 15.4 Å². The van der Waals surface area contributed by atoms with E-state index in [0.29, 0.717) is 6.07 Å². The van der Waals surface area contributed by atoms with Gasteiger partial charge in [0, 0.05) is 6.26 Å². The first kappa shape index (κ1) is 25.0. The van der Waals surface area contributed by atoms with Crippen molar-refractivity contribution in [2.75, 3.05) is 11.6 Å². The maximum absolute atomic E-state index is 14.1. The Morgan fingerprint density at radius 1 is 1.03 bits per heavy atom. The summed E-state index contributed by atoms with van der Waals surface area (Å²) < 4.78 is 101. The zero-order valence-electron chi connectivity index (χ0n) is 15.7. The third kappa shape index (κ3) is 5.00. The lowest BCUT2D eigenvalue weighted by atomic mass is 10.1. The van der Waals surface area contributed by atoms with Gasteiger partial charge < -0.3 is 10.4 Å². The van der Waals surface area contributed by atoms with E-state index in [9.17, 15) is 44.3 Å². The van der Waals surface area contributed by atoms with E-state index >= 15 is 0 Å². The van der Waals surface area contributed by atoms with Gasteiger partial charge in [-0.3, -0.25) is 4.79 Å². The van der Waals surface area contributed by atoms with Crippen LogP contribution in [0.1, 0.15) is 6.92 Å². The summed E-state index contributed by atoms with van der Waals surface area (Å²) in [4.78, 5) is 9.91. The third-order valence-corrected chi connectivity index (χ3v) is 7.30. The molecule has 0 radical (unpaired) electrons. The van der Waals surface area contributed by atoms with E-state index in [0.717, 1.165) is 36.6 Å². The Morgan fingerprint density at radius 2 is 1.55 bits per heavy atom. The highest BCUT2D eigenvalue weighted by atomic mass is 35.5. The SMILES string of the molecule is CC(O)(C(=O)Nc1ccc(S(=O)(=O)c2ccc(S(C)(=O)=O)c(F)c2)cc1Cl)C(F)(F)F. The molecule has 0 heterocycles. The summed E-state index contributed by atoms with van der Waals surface area (Å²) in [5.41, 5.74) is -4.16. The molecule has 1 unspecified atom stereocenters. The molecule has 2 rings (SSSR count). The number of carbonyl (C=O) groups is 1. The van der Waals surface area contributed by atoms with Gasteiger partial charge in [-0.2, -0.15) is 13.2 Å². The topological polar surface area (TPSA) is 118 Å². The molecule has 170 valence electrons. The Bertz CT molecular complexity index is 1260. The Labute approximate surface area is 179 Å². The first-order valence-corrected chi connectivity index (χ1v) is 11.8. The van der Waals surface area contributed by atoms with Crippen LogP contribution in [0.2, 0.25) is 5.02 Å². The van der Waals surface area contributed by atoms with E-state index in [1.807, 2.05) is 0 Å². The highest BCUT2D eigenvalue weighted by Gasteiger charge is 2.55. The lowest BCUT2D eigenvalue weighted by Crippen LogP contribution is -2.52. The van der Waals surface area contributed by atoms with Gasteiger partial charge in [0.25, 0.3) is 5.91 Å². The molecule has 2 aromatic rings. The molecule has 0 aliphatic rings. The predicted octanol–water partition coefficient (Wildman–Crippen LogP) is 2.97. The van der Waals surface area contributed by atoms with Gasteiger partial charge in [0.15, 0.2) is 9.84 Å². The molecule has 0 saturated carbocycles.